The molecule has 0 aromatic heterocycles. The SMILES string of the molecule is CCCC(C(=O)NC=O)N1C(=O)c2ccc(NC=O)cc2C1=O. The first-order valence-corrected chi connectivity index (χ1v) is 7.01. The zero-order valence-corrected chi connectivity index (χ0v) is 12.4. The molecule has 120 valence electrons. The van der Waals surface area contributed by atoms with Crippen LogP contribution in [0.1, 0.15) is 40.5 Å². The summed E-state index contributed by atoms with van der Waals surface area (Å²) in [6, 6.07) is 3.23. The summed E-state index contributed by atoms with van der Waals surface area (Å²) in [4.78, 5) is 58.8. The van der Waals surface area contributed by atoms with Crippen LogP contribution >= 0.6 is 0 Å². The number of hydrogen-bond acceptors (Lipinski definition) is 5. The average Bonchev–Trinajstić information content (AvgIpc) is 2.77. The molecule has 1 unspecified atom stereocenters. The van der Waals surface area contributed by atoms with Crippen LogP contribution in [0.15, 0.2) is 18.2 Å². The number of benzene rings is 1. The fourth-order valence-corrected chi connectivity index (χ4v) is 2.51. The molecule has 1 aromatic carbocycles. The monoisotopic (exact) mass is 317 g/mol. The topological polar surface area (TPSA) is 113 Å². The van der Waals surface area contributed by atoms with E-state index in [0.29, 0.717) is 18.5 Å². The highest BCUT2D eigenvalue weighted by Gasteiger charge is 2.42. The van der Waals surface area contributed by atoms with Crippen molar-refractivity contribution in [1.82, 2.24) is 10.2 Å². The maximum atomic E-state index is 12.5. The Hall–Kier alpha value is -3.03. The van der Waals surface area contributed by atoms with Gasteiger partial charge >= 0.3 is 0 Å². The predicted octanol–water partition coefficient (Wildman–Crippen LogP) is 0.292. The highest BCUT2D eigenvalue weighted by Crippen LogP contribution is 2.28. The maximum absolute atomic E-state index is 12.5. The van der Waals surface area contributed by atoms with Crippen molar-refractivity contribution in [2.45, 2.75) is 25.8 Å². The van der Waals surface area contributed by atoms with Crippen molar-refractivity contribution in [3.8, 4) is 0 Å². The first kappa shape index (κ1) is 16.3. The number of carbonyl (C=O) groups is 5. The van der Waals surface area contributed by atoms with Crippen LogP contribution in [0.2, 0.25) is 0 Å². The molecule has 1 aliphatic heterocycles. The van der Waals surface area contributed by atoms with Crippen LogP contribution in [0.25, 0.3) is 0 Å². The van der Waals surface area contributed by atoms with E-state index in [1.54, 1.807) is 6.92 Å². The van der Waals surface area contributed by atoms with Crippen molar-refractivity contribution < 1.29 is 24.0 Å². The summed E-state index contributed by atoms with van der Waals surface area (Å²) in [5.74, 6) is -1.93. The van der Waals surface area contributed by atoms with Crippen molar-refractivity contribution in [3.05, 3.63) is 29.3 Å². The molecule has 1 aliphatic rings. The number of hydrogen-bond donors (Lipinski definition) is 2. The maximum Gasteiger partial charge on any atom is 0.262 e. The van der Waals surface area contributed by atoms with Crippen LogP contribution in [0, 0.1) is 0 Å². The Kier molecular flexibility index (Phi) is 4.85. The van der Waals surface area contributed by atoms with Gasteiger partial charge in [-0.25, -0.2) is 0 Å². The Bertz CT molecular complexity index is 686. The Balaban J connectivity index is 2.39. The third-order valence-corrected chi connectivity index (χ3v) is 3.52. The fourth-order valence-electron chi connectivity index (χ4n) is 2.51. The second-order valence-corrected chi connectivity index (χ2v) is 4.93. The number of amides is 5. The summed E-state index contributed by atoms with van der Waals surface area (Å²) in [7, 11) is 0. The lowest BCUT2D eigenvalue weighted by atomic mass is 10.1. The lowest BCUT2D eigenvalue weighted by Crippen LogP contribution is -2.49. The number of rotatable bonds is 7. The highest BCUT2D eigenvalue weighted by molar-refractivity contribution is 6.23. The summed E-state index contributed by atoms with van der Waals surface area (Å²) in [6.07, 6.45) is 1.46. The van der Waals surface area contributed by atoms with Crippen LogP contribution < -0.4 is 10.6 Å². The van der Waals surface area contributed by atoms with Gasteiger partial charge in [0.15, 0.2) is 0 Å². The average molecular weight is 317 g/mol. The van der Waals surface area contributed by atoms with E-state index in [-0.39, 0.29) is 24.0 Å². The van der Waals surface area contributed by atoms with Gasteiger partial charge in [0.1, 0.15) is 6.04 Å². The van der Waals surface area contributed by atoms with Crippen LogP contribution in [-0.2, 0) is 14.4 Å². The largest absolute Gasteiger partial charge is 0.329 e. The van der Waals surface area contributed by atoms with Crippen molar-refractivity contribution in [2.24, 2.45) is 0 Å². The van der Waals surface area contributed by atoms with Gasteiger partial charge in [-0.15, -0.1) is 0 Å². The molecule has 8 heteroatoms. The highest BCUT2D eigenvalue weighted by atomic mass is 16.2. The van der Waals surface area contributed by atoms with Gasteiger partial charge in [0.25, 0.3) is 11.8 Å². The third-order valence-electron chi connectivity index (χ3n) is 3.52. The van der Waals surface area contributed by atoms with Crippen LogP contribution in [0.3, 0.4) is 0 Å². The van der Waals surface area contributed by atoms with Crippen molar-refractivity contribution in [3.63, 3.8) is 0 Å². The summed E-state index contributed by atoms with van der Waals surface area (Å²) in [5.41, 5.74) is 0.638. The quantitative estimate of drug-likeness (QED) is 0.554. The first-order valence-electron chi connectivity index (χ1n) is 7.01. The lowest BCUT2D eigenvalue weighted by Gasteiger charge is -2.23. The van der Waals surface area contributed by atoms with E-state index in [2.05, 4.69) is 5.32 Å². The molecule has 2 rings (SSSR count). The van der Waals surface area contributed by atoms with Gasteiger partial charge in [0.2, 0.25) is 18.7 Å². The molecule has 0 saturated carbocycles. The number of imide groups is 2. The van der Waals surface area contributed by atoms with Crippen molar-refractivity contribution in [1.29, 1.82) is 0 Å². The second-order valence-electron chi connectivity index (χ2n) is 4.93. The van der Waals surface area contributed by atoms with E-state index in [0.717, 1.165) is 4.90 Å². The van der Waals surface area contributed by atoms with Gasteiger partial charge in [-0.05, 0) is 24.6 Å². The molecular formula is C15H15N3O5. The van der Waals surface area contributed by atoms with Crippen molar-refractivity contribution >= 4 is 36.2 Å². The van der Waals surface area contributed by atoms with Gasteiger partial charge in [-0.2, -0.15) is 0 Å². The Labute approximate surface area is 131 Å². The predicted molar refractivity (Wildman–Crippen MR) is 79.5 cm³/mol. The summed E-state index contributed by atoms with van der Waals surface area (Å²) < 4.78 is 0. The number of nitrogens with one attached hydrogen (secondary N) is 2. The Morgan fingerprint density at radius 2 is 1.87 bits per heavy atom. The minimum atomic E-state index is -1.06. The molecule has 0 spiro atoms. The molecule has 0 radical (unpaired) electrons. The van der Waals surface area contributed by atoms with Gasteiger partial charge in [-0.1, -0.05) is 13.3 Å². The molecule has 8 nitrogen and oxygen atoms in total. The van der Waals surface area contributed by atoms with Gasteiger partial charge in [0, 0.05) is 5.69 Å². The number of carbonyl (C=O) groups excluding carboxylic acids is 5. The van der Waals surface area contributed by atoms with E-state index in [1.807, 2.05) is 5.32 Å². The normalized spacial score (nSPS) is 14.2. The molecule has 23 heavy (non-hydrogen) atoms. The summed E-state index contributed by atoms with van der Waals surface area (Å²) in [5, 5.41) is 4.38. The fraction of sp³-hybridized carbons (Fsp3) is 0.267. The molecule has 1 aromatic rings. The molecule has 0 bridgehead atoms. The summed E-state index contributed by atoms with van der Waals surface area (Å²) in [6.45, 7) is 1.80. The number of fused-ring (bicyclic) bond motifs is 1. The van der Waals surface area contributed by atoms with Crippen LogP contribution in [-0.4, -0.2) is 41.5 Å². The molecule has 1 heterocycles. The minimum Gasteiger partial charge on any atom is -0.329 e. The molecule has 0 fully saturated rings. The number of anilines is 1. The minimum absolute atomic E-state index is 0.113. The Morgan fingerprint density at radius 3 is 2.48 bits per heavy atom. The van der Waals surface area contributed by atoms with Crippen LogP contribution in [0.4, 0.5) is 5.69 Å². The van der Waals surface area contributed by atoms with Gasteiger partial charge in [0.05, 0.1) is 11.1 Å². The van der Waals surface area contributed by atoms with E-state index >= 15 is 0 Å². The molecule has 1 atom stereocenters. The van der Waals surface area contributed by atoms with Crippen molar-refractivity contribution in [2.75, 3.05) is 5.32 Å². The molecule has 2 N–H and O–H groups in total. The summed E-state index contributed by atoms with van der Waals surface area (Å²) >= 11 is 0. The Morgan fingerprint density at radius 1 is 1.17 bits per heavy atom. The molecule has 0 aliphatic carbocycles. The van der Waals surface area contributed by atoms with E-state index < -0.39 is 23.8 Å². The zero-order chi connectivity index (χ0) is 17.0. The molecule has 0 saturated heterocycles. The second kappa shape index (κ2) is 6.82. The molecule has 5 amide bonds. The molecular weight excluding hydrogens is 302 g/mol. The first-order chi connectivity index (χ1) is 11.0. The smallest absolute Gasteiger partial charge is 0.262 e. The lowest BCUT2D eigenvalue weighted by molar-refractivity contribution is -0.128. The van der Waals surface area contributed by atoms with E-state index in [4.69, 9.17) is 0 Å². The zero-order valence-electron chi connectivity index (χ0n) is 12.4. The number of nitrogens with zero attached hydrogens (tertiary/aromatic N) is 1. The van der Waals surface area contributed by atoms with Crippen LogP contribution in [0.5, 0.6) is 0 Å². The van der Waals surface area contributed by atoms with E-state index in [9.17, 15) is 24.0 Å². The van der Waals surface area contributed by atoms with Gasteiger partial charge in [-0.3, -0.25) is 34.2 Å². The third kappa shape index (κ3) is 2.96. The van der Waals surface area contributed by atoms with E-state index in [1.165, 1.54) is 18.2 Å². The van der Waals surface area contributed by atoms with Gasteiger partial charge < -0.3 is 5.32 Å². The standard InChI is InChI=1S/C15H15N3O5/c1-2-3-12(13(21)17-8-20)18-14(22)10-5-4-9(16-7-19)6-11(10)15(18)23/h4-8,12H,2-3H2,1H3,(H,16,19)(H,17,20,21).